The van der Waals surface area contributed by atoms with Crippen LogP contribution in [-0.2, 0) is 17.9 Å². The topological polar surface area (TPSA) is 96.2 Å². The van der Waals surface area contributed by atoms with E-state index >= 15 is 0 Å². The Morgan fingerprint density at radius 1 is 1.07 bits per heavy atom. The molecule has 0 saturated heterocycles. The lowest BCUT2D eigenvalue weighted by atomic mass is 10.2. The van der Waals surface area contributed by atoms with Crippen molar-refractivity contribution in [1.29, 1.82) is 0 Å². The van der Waals surface area contributed by atoms with Crippen molar-refractivity contribution in [1.82, 2.24) is 9.97 Å². The van der Waals surface area contributed by atoms with E-state index in [0.717, 1.165) is 23.1 Å². The maximum atomic E-state index is 11.6. The molecule has 4 N–H and O–H groups in total. The van der Waals surface area contributed by atoms with Crippen molar-refractivity contribution in [2.45, 2.75) is 19.3 Å². The number of nitrogens with two attached hydrogens (primary N) is 1. The van der Waals surface area contributed by atoms with Crippen LogP contribution in [0.4, 0.5) is 23.0 Å². The van der Waals surface area contributed by atoms with Gasteiger partial charge in [0.1, 0.15) is 12.0 Å². The minimum atomic E-state index is -0.489. The summed E-state index contributed by atoms with van der Waals surface area (Å²) in [6.07, 6.45) is 1.89. The fraction of sp³-hybridized carbons (Fsp3) is 0.150. The van der Waals surface area contributed by atoms with Crippen molar-refractivity contribution in [2.75, 3.05) is 15.5 Å². The molecule has 1 unspecified atom stereocenters. The molecule has 7 nitrogen and oxygen atoms in total. The number of aromatic nitrogens is 2. The Labute approximate surface area is 157 Å². The molecule has 1 aromatic heterocycles. The van der Waals surface area contributed by atoms with Gasteiger partial charge in [-0.25, -0.2) is 9.97 Å². The molecule has 7 heteroatoms. The molecule has 0 aliphatic carbocycles. The SMILES string of the molecule is NCc1ccc(Nc2ncnc3c2NC(C=O)N3Cc2ccccc2)cc1. The summed E-state index contributed by atoms with van der Waals surface area (Å²) >= 11 is 0. The highest BCUT2D eigenvalue weighted by atomic mass is 16.1. The summed E-state index contributed by atoms with van der Waals surface area (Å²) < 4.78 is 0. The number of fused-ring (bicyclic) bond motifs is 1. The first kappa shape index (κ1) is 17.0. The number of anilines is 4. The Morgan fingerprint density at radius 3 is 2.56 bits per heavy atom. The maximum absolute atomic E-state index is 11.6. The summed E-state index contributed by atoms with van der Waals surface area (Å²) in [5.74, 6) is 1.33. The van der Waals surface area contributed by atoms with Crippen LogP contribution in [0.15, 0.2) is 60.9 Å². The third-order valence-corrected chi connectivity index (χ3v) is 4.50. The molecule has 0 saturated carbocycles. The second-order valence-corrected chi connectivity index (χ2v) is 6.29. The first-order chi connectivity index (χ1) is 13.3. The van der Waals surface area contributed by atoms with Gasteiger partial charge in [0.15, 0.2) is 24.1 Å². The lowest BCUT2D eigenvalue weighted by Gasteiger charge is -2.21. The lowest BCUT2D eigenvalue weighted by molar-refractivity contribution is -0.108. The van der Waals surface area contributed by atoms with Gasteiger partial charge in [0, 0.05) is 18.8 Å². The molecule has 0 bridgehead atoms. The third-order valence-electron chi connectivity index (χ3n) is 4.50. The molecule has 0 fully saturated rings. The maximum Gasteiger partial charge on any atom is 0.162 e. The molecule has 2 heterocycles. The van der Waals surface area contributed by atoms with Crippen molar-refractivity contribution in [3.05, 3.63) is 72.1 Å². The quantitative estimate of drug-likeness (QED) is 0.582. The first-order valence-corrected chi connectivity index (χ1v) is 8.72. The van der Waals surface area contributed by atoms with E-state index in [1.165, 1.54) is 6.33 Å². The number of nitrogens with zero attached hydrogens (tertiary/aromatic N) is 3. The average Bonchev–Trinajstić information content (AvgIpc) is 3.08. The van der Waals surface area contributed by atoms with Crippen molar-refractivity contribution >= 4 is 29.3 Å². The highest BCUT2D eigenvalue weighted by Crippen LogP contribution is 2.38. The van der Waals surface area contributed by atoms with E-state index in [-0.39, 0.29) is 0 Å². The minimum Gasteiger partial charge on any atom is -0.353 e. The van der Waals surface area contributed by atoms with Crippen molar-refractivity contribution in [2.24, 2.45) is 5.73 Å². The van der Waals surface area contributed by atoms with Gasteiger partial charge < -0.3 is 21.3 Å². The minimum absolute atomic E-state index is 0.489. The zero-order valence-electron chi connectivity index (χ0n) is 14.7. The van der Waals surface area contributed by atoms with E-state index in [9.17, 15) is 4.79 Å². The summed E-state index contributed by atoms with van der Waals surface area (Å²) in [5.41, 5.74) is 9.41. The van der Waals surface area contributed by atoms with Crippen molar-refractivity contribution in [3.8, 4) is 0 Å². The van der Waals surface area contributed by atoms with Gasteiger partial charge in [0.05, 0.1) is 0 Å². The molecule has 1 atom stereocenters. The highest BCUT2D eigenvalue weighted by molar-refractivity contribution is 5.89. The number of hydrogen-bond acceptors (Lipinski definition) is 7. The van der Waals surface area contributed by atoms with Crippen LogP contribution in [0.3, 0.4) is 0 Å². The first-order valence-electron chi connectivity index (χ1n) is 8.72. The predicted octanol–water partition coefficient (Wildman–Crippen LogP) is 2.64. The number of carbonyl (C=O) groups excluding carboxylic acids is 1. The van der Waals surface area contributed by atoms with E-state index < -0.39 is 6.17 Å². The Morgan fingerprint density at radius 2 is 1.85 bits per heavy atom. The molecule has 0 radical (unpaired) electrons. The molecule has 0 spiro atoms. The third kappa shape index (κ3) is 3.45. The Kier molecular flexibility index (Phi) is 4.67. The summed E-state index contributed by atoms with van der Waals surface area (Å²) in [6, 6.07) is 17.8. The number of aldehydes is 1. The molecule has 4 rings (SSSR count). The molecular formula is C20H20N6O. The number of carbonyl (C=O) groups is 1. The highest BCUT2D eigenvalue weighted by Gasteiger charge is 2.32. The zero-order valence-corrected chi connectivity index (χ0v) is 14.7. The molecule has 136 valence electrons. The van der Waals surface area contributed by atoms with Gasteiger partial charge in [0.25, 0.3) is 0 Å². The average molecular weight is 360 g/mol. The van der Waals surface area contributed by atoms with Crippen LogP contribution >= 0.6 is 0 Å². The standard InChI is InChI=1S/C20H20N6O/c21-10-14-6-8-16(9-7-14)24-19-18-20(23-13-22-19)26(17(12-27)25-18)11-15-4-2-1-3-5-15/h1-9,12-13,17,25H,10-11,21H2,(H,22,23,24). The lowest BCUT2D eigenvalue weighted by Crippen LogP contribution is -2.36. The van der Waals surface area contributed by atoms with Crippen LogP contribution in [0.1, 0.15) is 11.1 Å². The molecular weight excluding hydrogens is 340 g/mol. The number of nitrogens with one attached hydrogen (secondary N) is 2. The van der Waals surface area contributed by atoms with E-state index in [0.29, 0.717) is 30.4 Å². The number of benzene rings is 2. The van der Waals surface area contributed by atoms with Crippen LogP contribution in [0.5, 0.6) is 0 Å². The summed E-state index contributed by atoms with van der Waals surface area (Å²) in [5, 5.41) is 6.50. The monoisotopic (exact) mass is 360 g/mol. The van der Waals surface area contributed by atoms with Crippen LogP contribution < -0.4 is 21.3 Å². The summed E-state index contributed by atoms with van der Waals surface area (Å²) in [4.78, 5) is 22.3. The number of rotatable bonds is 6. The van der Waals surface area contributed by atoms with Crippen LogP contribution in [0, 0.1) is 0 Å². The van der Waals surface area contributed by atoms with E-state index in [1.54, 1.807) is 0 Å². The predicted molar refractivity (Wildman–Crippen MR) is 106 cm³/mol. The van der Waals surface area contributed by atoms with Gasteiger partial charge in [-0.15, -0.1) is 0 Å². The normalized spacial score (nSPS) is 15.1. The van der Waals surface area contributed by atoms with Crippen LogP contribution in [0.25, 0.3) is 0 Å². The van der Waals surface area contributed by atoms with Gasteiger partial charge in [-0.3, -0.25) is 4.79 Å². The second-order valence-electron chi connectivity index (χ2n) is 6.29. The smallest absolute Gasteiger partial charge is 0.162 e. The fourth-order valence-electron chi connectivity index (χ4n) is 3.10. The zero-order chi connectivity index (χ0) is 18.6. The number of hydrogen-bond donors (Lipinski definition) is 3. The molecule has 0 amide bonds. The van der Waals surface area contributed by atoms with Gasteiger partial charge in [-0.2, -0.15) is 0 Å². The summed E-state index contributed by atoms with van der Waals surface area (Å²) in [7, 11) is 0. The van der Waals surface area contributed by atoms with Gasteiger partial charge >= 0.3 is 0 Å². The Bertz CT molecular complexity index is 929. The Balaban J connectivity index is 1.63. The molecule has 1 aliphatic rings. The van der Waals surface area contributed by atoms with Gasteiger partial charge in [-0.05, 0) is 23.3 Å². The molecule has 3 aromatic rings. The van der Waals surface area contributed by atoms with E-state index in [2.05, 4.69) is 20.6 Å². The van der Waals surface area contributed by atoms with Gasteiger partial charge in [-0.1, -0.05) is 42.5 Å². The molecule has 1 aliphatic heterocycles. The molecule has 27 heavy (non-hydrogen) atoms. The largest absolute Gasteiger partial charge is 0.353 e. The Hall–Kier alpha value is -3.45. The van der Waals surface area contributed by atoms with Gasteiger partial charge in [0.2, 0.25) is 0 Å². The fourth-order valence-corrected chi connectivity index (χ4v) is 3.10. The van der Waals surface area contributed by atoms with E-state index in [1.807, 2.05) is 59.5 Å². The second kappa shape index (κ2) is 7.43. The van der Waals surface area contributed by atoms with Crippen LogP contribution in [0.2, 0.25) is 0 Å². The summed E-state index contributed by atoms with van der Waals surface area (Å²) in [6.45, 7) is 1.08. The van der Waals surface area contributed by atoms with Crippen molar-refractivity contribution < 1.29 is 4.79 Å². The molecule has 2 aromatic carbocycles. The van der Waals surface area contributed by atoms with Crippen LogP contribution in [-0.4, -0.2) is 22.4 Å². The van der Waals surface area contributed by atoms with Crippen molar-refractivity contribution in [3.63, 3.8) is 0 Å². The van der Waals surface area contributed by atoms with E-state index in [4.69, 9.17) is 5.73 Å².